The van der Waals surface area contributed by atoms with E-state index >= 15 is 0 Å². The Morgan fingerprint density at radius 1 is 1.44 bits per heavy atom. The van der Waals surface area contributed by atoms with Crippen molar-refractivity contribution in [3.63, 3.8) is 0 Å². The number of hydrogen-bond acceptors (Lipinski definition) is 3. The summed E-state index contributed by atoms with van der Waals surface area (Å²) < 4.78 is 5.50. The summed E-state index contributed by atoms with van der Waals surface area (Å²) in [6, 6.07) is -0.419. The van der Waals surface area contributed by atoms with E-state index in [4.69, 9.17) is 9.84 Å². The molecule has 0 spiro atoms. The predicted molar refractivity (Wildman–Crippen MR) is 62.5 cm³/mol. The Kier molecular flexibility index (Phi) is 5.77. The van der Waals surface area contributed by atoms with Crippen molar-refractivity contribution in [2.75, 3.05) is 13.2 Å². The van der Waals surface area contributed by atoms with Crippen LogP contribution in [0.3, 0.4) is 0 Å². The molecule has 0 heterocycles. The van der Waals surface area contributed by atoms with Crippen molar-refractivity contribution in [1.82, 2.24) is 5.32 Å². The van der Waals surface area contributed by atoms with Crippen molar-refractivity contribution in [2.45, 2.75) is 51.6 Å². The number of nitrogens with one attached hydrogen (secondary N) is 1. The van der Waals surface area contributed by atoms with Gasteiger partial charge in [-0.25, -0.2) is 0 Å². The summed E-state index contributed by atoms with van der Waals surface area (Å²) >= 11 is 0. The van der Waals surface area contributed by atoms with E-state index in [0.29, 0.717) is 12.5 Å². The van der Waals surface area contributed by atoms with Gasteiger partial charge in [0.05, 0.1) is 6.61 Å². The van der Waals surface area contributed by atoms with Crippen molar-refractivity contribution >= 4 is 5.97 Å². The third kappa shape index (κ3) is 4.94. The first-order valence-electron chi connectivity index (χ1n) is 6.16. The molecular formula is C12H23NO3. The van der Waals surface area contributed by atoms with Gasteiger partial charge >= 0.3 is 5.97 Å². The topological polar surface area (TPSA) is 58.6 Å². The smallest absolute Gasteiger partial charge is 0.323 e. The molecular weight excluding hydrogens is 206 g/mol. The molecule has 0 saturated heterocycles. The van der Waals surface area contributed by atoms with E-state index in [2.05, 4.69) is 5.32 Å². The summed E-state index contributed by atoms with van der Waals surface area (Å²) in [5.41, 5.74) is 0. The molecule has 0 aromatic carbocycles. The van der Waals surface area contributed by atoms with Crippen LogP contribution < -0.4 is 5.32 Å². The zero-order valence-corrected chi connectivity index (χ0v) is 10.2. The highest BCUT2D eigenvalue weighted by Gasteiger charge is 2.20. The summed E-state index contributed by atoms with van der Waals surface area (Å²) in [5.74, 6) is -0.186. The molecule has 1 fully saturated rings. The maximum Gasteiger partial charge on any atom is 0.323 e. The van der Waals surface area contributed by atoms with E-state index in [1.807, 2.05) is 13.8 Å². The van der Waals surface area contributed by atoms with Gasteiger partial charge < -0.3 is 15.2 Å². The molecule has 1 saturated carbocycles. The van der Waals surface area contributed by atoms with Gasteiger partial charge in [0.25, 0.3) is 0 Å². The molecule has 4 heteroatoms. The van der Waals surface area contributed by atoms with Crippen LogP contribution in [-0.4, -0.2) is 36.4 Å². The van der Waals surface area contributed by atoms with E-state index < -0.39 is 12.0 Å². The van der Waals surface area contributed by atoms with Crippen molar-refractivity contribution in [1.29, 1.82) is 0 Å². The normalized spacial score (nSPS) is 19.2. The Morgan fingerprint density at radius 3 is 2.56 bits per heavy atom. The van der Waals surface area contributed by atoms with Crippen LogP contribution in [0.4, 0.5) is 0 Å². The Labute approximate surface area is 97.4 Å². The second kappa shape index (κ2) is 6.86. The first kappa shape index (κ1) is 13.5. The third-order valence-electron chi connectivity index (χ3n) is 2.95. The molecule has 0 aromatic heterocycles. The lowest BCUT2D eigenvalue weighted by Gasteiger charge is -2.18. The largest absolute Gasteiger partial charge is 0.480 e. The SMILES string of the molecule is CC(C)NC(COCC1CCCC1)C(=O)O. The minimum atomic E-state index is -0.833. The molecule has 4 nitrogen and oxygen atoms in total. The minimum absolute atomic E-state index is 0.163. The lowest BCUT2D eigenvalue weighted by molar-refractivity contribution is -0.141. The van der Waals surface area contributed by atoms with Crippen molar-refractivity contribution in [3.8, 4) is 0 Å². The quantitative estimate of drug-likeness (QED) is 0.697. The van der Waals surface area contributed by atoms with Gasteiger partial charge in [-0.15, -0.1) is 0 Å². The summed E-state index contributed by atoms with van der Waals surface area (Å²) in [7, 11) is 0. The zero-order valence-electron chi connectivity index (χ0n) is 10.2. The minimum Gasteiger partial charge on any atom is -0.480 e. The number of aliphatic carboxylic acids is 1. The van der Waals surface area contributed by atoms with E-state index in [-0.39, 0.29) is 12.6 Å². The Balaban J connectivity index is 2.18. The highest BCUT2D eigenvalue weighted by molar-refractivity contribution is 5.73. The van der Waals surface area contributed by atoms with Crippen LogP contribution in [-0.2, 0) is 9.53 Å². The predicted octanol–water partition coefficient (Wildman–Crippen LogP) is 1.64. The molecule has 94 valence electrons. The fourth-order valence-corrected chi connectivity index (χ4v) is 2.12. The van der Waals surface area contributed by atoms with Gasteiger partial charge in [-0.1, -0.05) is 26.7 Å². The fraction of sp³-hybridized carbons (Fsp3) is 0.917. The zero-order chi connectivity index (χ0) is 12.0. The number of carboxylic acid groups (broad SMARTS) is 1. The standard InChI is InChI=1S/C12H23NO3/c1-9(2)13-11(12(14)15)8-16-7-10-5-3-4-6-10/h9-11,13H,3-8H2,1-2H3,(H,14,15). The summed E-state index contributed by atoms with van der Waals surface area (Å²) in [6.07, 6.45) is 5.05. The van der Waals surface area contributed by atoms with Crippen molar-refractivity contribution in [2.24, 2.45) is 5.92 Å². The molecule has 1 atom stereocenters. The fourth-order valence-electron chi connectivity index (χ4n) is 2.12. The van der Waals surface area contributed by atoms with E-state index in [0.717, 1.165) is 0 Å². The van der Waals surface area contributed by atoms with Crippen LogP contribution in [0.15, 0.2) is 0 Å². The highest BCUT2D eigenvalue weighted by Crippen LogP contribution is 2.24. The number of carbonyl (C=O) groups is 1. The monoisotopic (exact) mass is 229 g/mol. The molecule has 0 amide bonds. The highest BCUT2D eigenvalue weighted by atomic mass is 16.5. The van der Waals surface area contributed by atoms with E-state index in [1.165, 1.54) is 25.7 Å². The molecule has 0 aliphatic heterocycles. The average molecular weight is 229 g/mol. The van der Waals surface area contributed by atoms with Gasteiger partial charge in [-0.2, -0.15) is 0 Å². The molecule has 0 aromatic rings. The van der Waals surface area contributed by atoms with Gasteiger partial charge in [-0.3, -0.25) is 4.79 Å². The average Bonchev–Trinajstić information content (AvgIpc) is 2.68. The van der Waals surface area contributed by atoms with Gasteiger partial charge in [0, 0.05) is 12.6 Å². The molecule has 1 aliphatic rings. The van der Waals surface area contributed by atoms with Gasteiger partial charge in [-0.05, 0) is 18.8 Å². The summed E-state index contributed by atoms with van der Waals surface area (Å²) in [4.78, 5) is 10.9. The van der Waals surface area contributed by atoms with Crippen LogP contribution in [0.25, 0.3) is 0 Å². The number of hydrogen-bond donors (Lipinski definition) is 2. The Bertz CT molecular complexity index is 212. The first-order valence-corrected chi connectivity index (χ1v) is 6.16. The van der Waals surface area contributed by atoms with Crippen LogP contribution in [0.1, 0.15) is 39.5 Å². The molecule has 2 N–H and O–H groups in total. The second-order valence-corrected chi connectivity index (χ2v) is 4.90. The van der Waals surface area contributed by atoms with Crippen LogP contribution in [0, 0.1) is 5.92 Å². The van der Waals surface area contributed by atoms with E-state index in [9.17, 15) is 4.79 Å². The molecule has 0 radical (unpaired) electrons. The maximum absolute atomic E-state index is 10.9. The first-order chi connectivity index (χ1) is 7.59. The Morgan fingerprint density at radius 2 is 2.06 bits per heavy atom. The molecule has 1 rings (SSSR count). The molecule has 0 bridgehead atoms. The second-order valence-electron chi connectivity index (χ2n) is 4.90. The number of carboxylic acids is 1. The summed E-state index contributed by atoms with van der Waals surface area (Å²) in [6.45, 7) is 4.85. The van der Waals surface area contributed by atoms with Gasteiger partial charge in [0.15, 0.2) is 0 Å². The molecule has 1 unspecified atom stereocenters. The van der Waals surface area contributed by atoms with Crippen molar-refractivity contribution in [3.05, 3.63) is 0 Å². The summed E-state index contributed by atoms with van der Waals surface area (Å²) in [5, 5.41) is 12.0. The Hall–Kier alpha value is -0.610. The van der Waals surface area contributed by atoms with E-state index in [1.54, 1.807) is 0 Å². The van der Waals surface area contributed by atoms with Crippen LogP contribution in [0.5, 0.6) is 0 Å². The van der Waals surface area contributed by atoms with Crippen LogP contribution in [0.2, 0.25) is 0 Å². The number of ether oxygens (including phenoxy) is 1. The lowest BCUT2D eigenvalue weighted by Crippen LogP contribution is -2.44. The molecule has 1 aliphatic carbocycles. The third-order valence-corrected chi connectivity index (χ3v) is 2.95. The number of rotatable bonds is 7. The lowest BCUT2D eigenvalue weighted by atomic mass is 10.1. The van der Waals surface area contributed by atoms with Crippen LogP contribution >= 0.6 is 0 Å². The maximum atomic E-state index is 10.9. The molecule has 16 heavy (non-hydrogen) atoms. The van der Waals surface area contributed by atoms with Gasteiger partial charge in [0.1, 0.15) is 6.04 Å². The van der Waals surface area contributed by atoms with Gasteiger partial charge in [0.2, 0.25) is 0 Å². The van der Waals surface area contributed by atoms with Crippen molar-refractivity contribution < 1.29 is 14.6 Å².